The van der Waals surface area contributed by atoms with Crippen molar-refractivity contribution in [3.63, 3.8) is 0 Å². The van der Waals surface area contributed by atoms with Gasteiger partial charge >= 0.3 is 0 Å². The van der Waals surface area contributed by atoms with Crippen molar-refractivity contribution in [2.75, 3.05) is 0 Å². The van der Waals surface area contributed by atoms with E-state index >= 15 is 0 Å². The number of rotatable bonds is 1. The fourth-order valence-electron chi connectivity index (χ4n) is 1.49. The molecule has 1 aromatic carbocycles. The Morgan fingerprint density at radius 2 is 1.94 bits per heavy atom. The van der Waals surface area contributed by atoms with Crippen LogP contribution in [0.3, 0.4) is 0 Å². The molecular formula is C11H7ClF2O2. The third-order valence-corrected chi connectivity index (χ3v) is 2.63. The molecule has 84 valence electrons. The summed E-state index contributed by atoms with van der Waals surface area (Å²) in [5, 5.41) is 0.000139. The Balaban J connectivity index is 2.94. The van der Waals surface area contributed by atoms with Gasteiger partial charge in [-0.05, 0) is 13.0 Å². The maximum atomic E-state index is 13.0. The molecule has 0 saturated heterocycles. The van der Waals surface area contributed by atoms with Crippen LogP contribution in [0.1, 0.15) is 11.3 Å². The van der Waals surface area contributed by atoms with Crippen LogP contribution in [0.15, 0.2) is 21.3 Å². The molecule has 5 heteroatoms. The first-order chi connectivity index (χ1) is 7.54. The average Bonchev–Trinajstić information content (AvgIpc) is 2.22. The monoisotopic (exact) mass is 244 g/mol. The number of fused-ring (bicyclic) bond motifs is 1. The first-order valence-electron chi connectivity index (χ1n) is 4.52. The van der Waals surface area contributed by atoms with Crippen LogP contribution in [0.25, 0.3) is 11.0 Å². The Labute approximate surface area is 94.4 Å². The van der Waals surface area contributed by atoms with Gasteiger partial charge in [-0.3, -0.25) is 4.79 Å². The first-order valence-corrected chi connectivity index (χ1v) is 5.05. The zero-order valence-electron chi connectivity index (χ0n) is 8.31. The van der Waals surface area contributed by atoms with E-state index in [-0.39, 0.29) is 22.4 Å². The molecule has 0 aliphatic carbocycles. The van der Waals surface area contributed by atoms with Gasteiger partial charge in [-0.2, -0.15) is 0 Å². The lowest BCUT2D eigenvalue weighted by atomic mass is 10.1. The van der Waals surface area contributed by atoms with Crippen molar-refractivity contribution in [3.05, 3.63) is 45.3 Å². The second kappa shape index (κ2) is 3.87. The fraction of sp³-hybridized carbons (Fsp3) is 0.182. The summed E-state index contributed by atoms with van der Waals surface area (Å²) >= 11 is 5.58. The standard InChI is InChI=1S/C11H7ClF2O2/c1-5-7(4-12)11(15)6-2-8(13)9(14)3-10(6)16-5/h2-3H,4H2,1H3. The summed E-state index contributed by atoms with van der Waals surface area (Å²) in [6.45, 7) is 1.56. The lowest BCUT2D eigenvalue weighted by Crippen LogP contribution is -2.10. The Kier molecular flexibility index (Phi) is 2.68. The fourth-order valence-corrected chi connectivity index (χ4v) is 1.80. The number of benzene rings is 1. The van der Waals surface area contributed by atoms with E-state index in [2.05, 4.69) is 0 Å². The Morgan fingerprint density at radius 3 is 2.56 bits per heavy atom. The summed E-state index contributed by atoms with van der Waals surface area (Å²) in [7, 11) is 0. The van der Waals surface area contributed by atoms with E-state index < -0.39 is 17.1 Å². The van der Waals surface area contributed by atoms with Gasteiger partial charge in [0.25, 0.3) is 0 Å². The van der Waals surface area contributed by atoms with Gasteiger partial charge in [0.05, 0.1) is 16.8 Å². The van der Waals surface area contributed by atoms with Gasteiger partial charge in [0.15, 0.2) is 17.1 Å². The van der Waals surface area contributed by atoms with Crippen LogP contribution in [0, 0.1) is 18.6 Å². The number of hydrogen-bond acceptors (Lipinski definition) is 2. The molecule has 1 aromatic heterocycles. The van der Waals surface area contributed by atoms with Crippen molar-refractivity contribution in [3.8, 4) is 0 Å². The van der Waals surface area contributed by atoms with Crippen LogP contribution in [-0.2, 0) is 5.88 Å². The van der Waals surface area contributed by atoms with Gasteiger partial charge in [-0.1, -0.05) is 0 Å². The molecule has 2 nitrogen and oxygen atoms in total. The second-order valence-electron chi connectivity index (χ2n) is 3.36. The summed E-state index contributed by atoms with van der Waals surface area (Å²) in [6, 6.07) is 1.68. The SMILES string of the molecule is Cc1oc2cc(F)c(F)cc2c(=O)c1CCl. The number of hydrogen-bond donors (Lipinski definition) is 0. The molecule has 0 unspecified atom stereocenters. The van der Waals surface area contributed by atoms with Gasteiger partial charge in [0, 0.05) is 6.07 Å². The number of aryl methyl sites for hydroxylation is 1. The Bertz CT molecular complexity index is 619. The summed E-state index contributed by atoms with van der Waals surface area (Å²) in [5.41, 5.74) is -0.136. The molecular weight excluding hydrogens is 238 g/mol. The van der Waals surface area contributed by atoms with Gasteiger partial charge < -0.3 is 4.42 Å². The normalized spacial score (nSPS) is 11.0. The molecule has 2 rings (SSSR count). The van der Waals surface area contributed by atoms with Crippen LogP contribution in [0.4, 0.5) is 8.78 Å². The largest absolute Gasteiger partial charge is 0.461 e. The van der Waals surface area contributed by atoms with Gasteiger partial charge in [0.1, 0.15) is 11.3 Å². The second-order valence-corrected chi connectivity index (χ2v) is 3.63. The molecule has 1 heterocycles. The first kappa shape index (κ1) is 11.1. The lowest BCUT2D eigenvalue weighted by Gasteiger charge is -2.04. The molecule has 0 amide bonds. The van der Waals surface area contributed by atoms with E-state index in [1.54, 1.807) is 6.92 Å². The topological polar surface area (TPSA) is 30.2 Å². The highest BCUT2D eigenvalue weighted by molar-refractivity contribution is 6.17. The Hall–Kier alpha value is -1.42. The van der Waals surface area contributed by atoms with Crippen molar-refractivity contribution < 1.29 is 13.2 Å². The van der Waals surface area contributed by atoms with Crippen molar-refractivity contribution in [1.29, 1.82) is 0 Å². The third kappa shape index (κ3) is 1.59. The molecule has 2 aromatic rings. The van der Waals surface area contributed by atoms with Crippen LogP contribution >= 0.6 is 11.6 Å². The predicted molar refractivity (Wildman–Crippen MR) is 56.7 cm³/mol. The van der Waals surface area contributed by atoms with Gasteiger partial charge in [-0.15, -0.1) is 11.6 Å². The summed E-state index contributed by atoms with van der Waals surface area (Å²) in [4.78, 5) is 11.8. The lowest BCUT2D eigenvalue weighted by molar-refractivity contribution is 0.502. The molecule has 0 N–H and O–H groups in total. The number of alkyl halides is 1. The summed E-state index contributed by atoms with van der Waals surface area (Å²) in [6.07, 6.45) is 0. The van der Waals surface area contributed by atoms with Crippen molar-refractivity contribution in [1.82, 2.24) is 0 Å². The van der Waals surface area contributed by atoms with Crippen LogP contribution < -0.4 is 5.43 Å². The maximum Gasteiger partial charge on any atom is 0.197 e. The highest BCUT2D eigenvalue weighted by Gasteiger charge is 2.13. The number of halogens is 3. The van der Waals surface area contributed by atoms with E-state index in [1.165, 1.54) is 0 Å². The molecule has 0 spiro atoms. The van der Waals surface area contributed by atoms with Gasteiger partial charge in [0.2, 0.25) is 0 Å². The van der Waals surface area contributed by atoms with Crippen molar-refractivity contribution >= 4 is 22.6 Å². The van der Waals surface area contributed by atoms with E-state index in [0.29, 0.717) is 5.76 Å². The van der Waals surface area contributed by atoms with E-state index in [4.69, 9.17) is 16.0 Å². The van der Waals surface area contributed by atoms with Crippen LogP contribution in [0.2, 0.25) is 0 Å². The summed E-state index contributed by atoms with van der Waals surface area (Å²) < 4.78 is 31.1. The molecule has 0 bridgehead atoms. The minimum Gasteiger partial charge on any atom is -0.461 e. The van der Waals surface area contributed by atoms with Crippen LogP contribution in [0.5, 0.6) is 0 Å². The van der Waals surface area contributed by atoms with Crippen molar-refractivity contribution in [2.45, 2.75) is 12.8 Å². The van der Waals surface area contributed by atoms with Crippen LogP contribution in [-0.4, -0.2) is 0 Å². The highest BCUT2D eigenvalue weighted by Crippen LogP contribution is 2.19. The van der Waals surface area contributed by atoms with E-state index in [9.17, 15) is 13.6 Å². The average molecular weight is 245 g/mol. The maximum absolute atomic E-state index is 13.0. The van der Waals surface area contributed by atoms with E-state index in [1.807, 2.05) is 0 Å². The molecule has 0 saturated carbocycles. The molecule has 0 radical (unpaired) electrons. The van der Waals surface area contributed by atoms with Gasteiger partial charge in [-0.25, -0.2) is 8.78 Å². The zero-order valence-corrected chi connectivity index (χ0v) is 9.07. The molecule has 0 atom stereocenters. The van der Waals surface area contributed by atoms with E-state index in [0.717, 1.165) is 12.1 Å². The van der Waals surface area contributed by atoms with Crippen molar-refractivity contribution in [2.24, 2.45) is 0 Å². The molecule has 0 aliphatic heterocycles. The molecule has 16 heavy (non-hydrogen) atoms. The zero-order chi connectivity index (χ0) is 11.9. The highest BCUT2D eigenvalue weighted by atomic mass is 35.5. The third-order valence-electron chi connectivity index (χ3n) is 2.36. The summed E-state index contributed by atoms with van der Waals surface area (Å²) in [5.74, 6) is -1.83. The smallest absolute Gasteiger partial charge is 0.197 e. The quantitative estimate of drug-likeness (QED) is 0.722. The Morgan fingerprint density at radius 1 is 1.31 bits per heavy atom. The molecule has 0 aliphatic rings. The minimum atomic E-state index is -1.08. The predicted octanol–water partition coefficient (Wildman–Crippen LogP) is 3.12. The minimum absolute atomic E-state index is 0.000139. The molecule has 0 fully saturated rings.